The van der Waals surface area contributed by atoms with Gasteiger partial charge in [-0.1, -0.05) is 13.3 Å². The van der Waals surface area contributed by atoms with E-state index in [0.717, 1.165) is 18.6 Å². The number of carboxylic acid groups (broad SMARTS) is 1. The van der Waals surface area contributed by atoms with Crippen LogP contribution >= 0.6 is 0 Å². The number of amides is 1. The second-order valence-corrected chi connectivity index (χ2v) is 4.21. The monoisotopic (exact) mass is 268 g/mol. The maximum absolute atomic E-state index is 13.0. The van der Waals surface area contributed by atoms with Gasteiger partial charge in [-0.2, -0.15) is 0 Å². The molecule has 1 rings (SSSR count). The van der Waals surface area contributed by atoms with Gasteiger partial charge in [-0.25, -0.2) is 9.18 Å². The zero-order chi connectivity index (χ0) is 14.4. The second-order valence-electron chi connectivity index (χ2n) is 4.21. The van der Waals surface area contributed by atoms with Crippen molar-refractivity contribution in [3.8, 4) is 0 Å². The zero-order valence-electron chi connectivity index (χ0n) is 10.6. The summed E-state index contributed by atoms with van der Waals surface area (Å²) in [6.07, 6.45) is 1.41. The summed E-state index contributed by atoms with van der Waals surface area (Å²) in [5.74, 6) is -2.69. The number of carbonyl (C=O) groups is 2. The van der Waals surface area contributed by atoms with Gasteiger partial charge in [0.15, 0.2) is 0 Å². The van der Waals surface area contributed by atoms with Gasteiger partial charge in [0.2, 0.25) is 5.91 Å². The number of halogens is 1. The van der Waals surface area contributed by atoms with Gasteiger partial charge in [-0.15, -0.1) is 0 Å². The van der Waals surface area contributed by atoms with E-state index >= 15 is 0 Å². The Bertz CT molecular complexity index is 477. The number of hydrogen-bond donors (Lipinski definition) is 3. The van der Waals surface area contributed by atoms with E-state index in [1.165, 1.54) is 6.07 Å². The predicted octanol–water partition coefficient (Wildman–Crippen LogP) is 1.84. The third-order valence-corrected chi connectivity index (χ3v) is 2.76. The Morgan fingerprint density at radius 1 is 1.47 bits per heavy atom. The molecular weight excluding hydrogens is 251 g/mol. The van der Waals surface area contributed by atoms with Gasteiger partial charge in [0, 0.05) is 6.54 Å². The molecule has 1 amide bonds. The van der Waals surface area contributed by atoms with Crippen LogP contribution in [0.3, 0.4) is 0 Å². The Kier molecular flexibility index (Phi) is 5.44. The highest BCUT2D eigenvalue weighted by Crippen LogP contribution is 2.18. The number of aromatic carboxylic acids is 1. The van der Waals surface area contributed by atoms with Crippen LogP contribution in [0.15, 0.2) is 18.2 Å². The van der Waals surface area contributed by atoms with Crippen LogP contribution in [0.1, 0.15) is 30.1 Å². The fourth-order valence-electron chi connectivity index (χ4n) is 1.74. The van der Waals surface area contributed by atoms with Crippen molar-refractivity contribution in [3.05, 3.63) is 29.6 Å². The molecule has 4 N–H and O–H groups in total. The number of rotatable bonds is 6. The van der Waals surface area contributed by atoms with Gasteiger partial charge < -0.3 is 16.2 Å². The molecule has 5 nitrogen and oxygen atoms in total. The van der Waals surface area contributed by atoms with Crippen LogP contribution in [0.4, 0.5) is 10.1 Å². The van der Waals surface area contributed by atoms with Crippen molar-refractivity contribution in [2.24, 2.45) is 11.7 Å². The van der Waals surface area contributed by atoms with E-state index in [1.54, 1.807) is 0 Å². The minimum atomic E-state index is -1.30. The summed E-state index contributed by atoms with van der Waals surface area (Å²) in [7, 11) is 0. The lowest BCUT2D eigenvalue weighted by Crippen LogP contribution is -2.29. The summed E-state index contributed by atoms with van der Waals surface area (Å²) in [4.78, 5) is 22.9. The van der Waals surface area contributed by atoms with E-state index in [1.807, 2.05) is 6.92 Å². The van der Waals surface area contributed by atoms with Crippen LogP contribution in [-0.4, -0.2) is 23.5 Å². The van der Waals surface area contributed by atoms with E-state index in [-0.39, 0.29) is 29.6 Å². The number of hydrogen-bond acceptors (Lipinski definition) is 3. The molecule has 0 spiro atoms. The quantitative estimate of drug-likeness (QED) is 0.734. The van der Waals surface area contributed by atoms with Crippen molar-refractivity contribution in [2.45, 2.75) is 19.8 Å². The Morgan fingerprint density at radius 2 is 2.16 bits per heavy atom. The van der Waals surface area contributed by atoms with Crippen LogP contribution in [0.2, 0.25) is 0 Å². The Labute approximate surface area is 110 Å². The third-order valence-electron chi connectivity index (χ3n) is 2.76. The van der Waals surface area contributed by atoms with Gasteiger partial charge in [0.1, 0.15) is 5.82 Å². The number of nitrogens with two attached hydrogens (primary N) is 1. The van der Waals surface area contributed by atoms with Crippen LogP contribution in [0, 0.1) is 11.7 Å². The number of anilines is 1. The molecule has 0 bridgehead atoms. The van der Waals surface area contributed by atoms with E-state index < -0.39 is 11.8 Å². The van der Waals surface area contributed by atoms with Gasteiger partial charge >= 0.3 is 5.97 Å². The molecular formula is C13H17FN2O3. The minimum absolute atomic E-state index is 0.0773. The highest BCUT2D eigenvalue weighted by atomic mass is 19.1. The molecule has 0 aliphatic carbocycles. The summed E-state index contributed by atoms with van der Waals surface area (Å²) in [5.41, 5.74) is 5.30. The summed E-state index contributed by atoms with van der Waals surface area (Å²) in [6, 6.07) is 3.20. The maximum atomic E-state index is 13.0. The Morgan fingerprint density at radius 3 is 2.68 bits per heavy atom. The van der Waals surface area contributed by atoms with Crippen molar-refractivity contribution < 1.29 is 19.1 Å². The van der Waals surface area contributed by atoms with E-state index in [2.05, 4.69) is 5.32 Å². The van der Waals surface area contributed by atoms with Crippen LogP contribution in [0.5, 0.6) is 0 Å². The van der Waals surface area contributed by atoms with Crippen LogP contribution in [0.25, 0.3) is 0 Å². The Hall–Kier alpha value is -1.95. The van der Waals surface area contributed by atoms with Crippen molar-refractivity contribution in [3.63, 3.8) is 0 Å². The molecule has 0 heterocycles. The van der Waals surface area contributed by atoms with Gasteiger partial charge in [-0.05, 0) is 24.6 Å². The topological polar surface area (TPSA) is 92.4 Å². The van der Waals surface area contributed by atoms with Gasteiger partial charge in [-0.3, -0.25) is 4.79 Å². The second kappa shape index (κ2) is 6.84. The number of carbonyl (C=O) groups excluding carboxylic acids is 1. The highest BCUT2D eigenvalue weighted by molar-refractivity contribution is 6.01. The summed E-state index contributed by atoms with van der Waals surface area (Å²) < 4.78 is 13.0. The fraction of sp³-hybridized carbons (Fsp3) is 0.385. The summed E-state index contributed by atoms with van der Waals surface area (Å²) in [6.45, 7) is 2.11. The molecule has 0 aromatic heterocycles. The molecule has 1 atom stereocenters. The first-order valence-corrected chi connectivity index (χ1v) is 6.03. The highest BCUT2D eigenvalue weighted by Gasteiger charge is 2.19. The lowest BCUT2D eigenvalue weighted by molar-refractivity contribution is -0.119. The first-order chi connectivity index (χ1) is 8.99. The lowest BCUT2D eigenvalue weighted by Gasteiger charge is -2.15. The Balaban J connectivity index is 2.92. The average Bonchev–Trinajstić information content (AvgIpc) is 2.37. The molecule has 0 radical (unpaired) electrons. The fourth-order valence-corrected chi connectivity index (χ4v) is 1.74. The number of carboxylic acids is 1. The molecule has 0 saturated carbocycles. The predicted molar refractivity (Wildman–Crippen MR) is 69.4 cm³/mol. The SMILES string of the molecule is CCCC(CN)C(=O)Nc1ccc(F)cc1C(=O)O. The van der Waals surface area contributed by atoms with Crippen molar-refractivity contribution in [1.29, 1.82) is 0 Å². The molecule has 0 saturated heterocycles. The molecule has 104 valence electrons. The van der Waals surface area contributed by atoms with Crippen LogP contribution < -0.4 is 11.1 Å². The smallest absolute Gasteiger partial charge is 0.337 e. The number of nitrogens with one attached hydrogen (secondary N) is 1. The van der Waals surface area contributed by atoms with Gasteiger partial charge in [0.05, 0.1) is 17.2 Å². The van der Waals surface area contributed by atoms with E-state index in [4.69, 9.17) is 10.8 Å². The zero-order valence-corrected chi connectivity index (χ0v) is 10.6. The molecule has 19 heavy (non-hydrogen) atoms. The molecule has 1 aromatic carbocycles. The number of benzene rings is 1. The van der Waals surface area contributed by atoms with Crippen LogP contribution in [-0.2, 0) is 4.79 Å². The van der Waals surface area contributed by atoms with Crippen molar-refractivity contribution >= 4 is 17.6 Å². The molecule has 0 aliphatic heterocycles. The van der Waals surface area contributed by atoms with Crippen molar-refractivity contribution in [2.75, 3.05) is 11.9 Å². The molecule has 6 heteroatoms. The van der Waals surface area contributed by atoms with Crippen molar-refractivity contribution in [1.82, 2.24) is 0 Å². The molecule has 1 aromatic rings. The summed E-state index contributed by atoms with van der Waals surface area (Å²) in [5, 5.41) is 11.4. The third kappa shape index (κ3) is 4.03. The largest absolute Gasteiger partial charge is 0.478 e. The van der Waals surface area contributed by atoms with E-state index in [9.17, 15) is 14.0 Å². The molecule has 0 aliphatic rings. The standard InChI is InChI=1S/C13H17FN2O3/c1-2-3-8(7-15)12(17)16-11-5-4-9(14)6-10(11)13(18)19/h4-6,8H,2-3,7,15H2,1H3,(H,16,17)(H,18,19). The first kappa shape index (κ1) is 15.1. The first-order valence-electron chi connectivity index (χ1n) is 6.03. The lowest BCUT2D eigenvalue weighted by atomic mass is 10.0. The average molecular weight is 268 g/mol. The molecule has 1 unspecified atom stereocenters. The normalized spacial score (nSPS) is 11.9. The van der Waals surface area contributed by atoms with Gasteiger partial charge in [0.25, 0.3) is 0 Å². The minimum Gasteiger partial charge on any atom is -0.478 e. The molecule has 0 fully saturated rings. The van der Waals surface area contributed by atoms with E-state index in [0.29, 0.717) is 6.42 Å². The summed E-state index contributed by atoms with van der Waals surface area (Å²) >= 11 is 0. The maximum Gasteiger partial charge on any atom is 0.337 e.